The summed E-state index contributed by atoms with van der Waals surface area (Å²) in [5.41, 5.74) is -0.426. The van der Waals surface area contributed by atoms with Crippen LogP contribution in [0, 0.1) is 5.92 Å². The topological polar surface area (TPSA) is 66.0 Å². The average molecular weight is 298 g/mol. The zero-order chi connectivity index (χ0) is 15.9. The Kier molecular flexibility index (Phi) is 6.78. The lowest BCUT2D eigenvalue weighted by Crippen LogP contribution is -2.44. The Hall–Kier alpha value is -1.46. The van der Waals surface area contributed by atoms with E-state index in [1.54, 1.807) is 7.05 Å². The van der Waals surface area contributed by atoms with Crippen LogP contribution < -0.4 is 10.6 Å². The lowest BCUT2D eigenvalue weighted by Gasteiger charge is -2.34. The van der Waals surface area contributed by atoms with Gasteiger partial charge in [-0.15, -0.1) is 0 Å². The molecule has 0 aromatic rings. The zero-order valence-corrected chi connectivity index (χ0v) is 14.0. The first-order chi connectivity index (χ1) is 9.85. The van der Waals surface area contributed by atoms with E-state index in [9.17, 15) is 4.79 Å². The molecule has 1 saturated heterocycles. The number of nitrogens with one attached hydrogen (secondary N) is 2. The summed E-state index contributed by atoms with van der Waals surface area (Å²) in [6.07, 6.45) is 3.05. The summed E-state index contributed by atoms with van der Waals surface area (Å²) in [5.74, 6) is 1.32. The molecule has 6 nitrogen and oxygen atoms in total. The van der Waals surface area contributed by atoms with E-state index in [-0.39, 0.29) is 6.09 Å². The number of hydrogen-bond acceptors (Lipinski definition) is 3. The molecule has 0 aromatic carbocycles. The monoisotopic (exact) mass is 298 g/mol. The number of piperidine rings is 1. The number of nitrogens with zero attached hydrogens (tertiary/aromatic N) is 2. The van der Waals surface area contributed by atoms with Gasteiger partial charge in [0, 0.05) is 33.7 Å². The average Bonchev–Trinajstić information content (AvgIpc) is 2.42. The number of likely N-dealkylation sites (tertiary alicyclic amines) is 1. The number of hydrogen-bond donors (Lipinski definition) is 2. The number of carbonyl (C=O) groups is 1. The molecular formula is C15H30N4O2. The van der Waals surface area contributed by atoms with Crippen molar-refractivity contribution in [2.24, 2.45) is 10.9 Å². The Bertz CT molecular complexity index is 363. The lowest BCUT2D eigenvalue weighted by molar-refractivity contribution is 0.0162. The minimum Gasteiger partial charge on any atom is -0.444 e. The number of guanidine groups is 1. The second-order valence-electron chi connectivity index (χ2n) is 6.47. The van der Waals surface area contributed by atoms with Crippen LogP contribution in [0.2, 0.25) is 0 Å². The van der Waals surface area contributed by atoms with Crippen molar-refractivity contribution in [1.82, 2.24) is 15.5 Å². The van der Waals surface area contributed by atoms with Gasteiger partial charge in [-0.1, -0.05) is 0 Å². The van der Waals surface area contributed by atoms with Gasteiger partial charge in [-0.3, -0.25) is 4.99 Å². The molecule has 0 unspecified atom stereocenters. The van der Waals surface area contributed by atoms with Crippen LogP contribution in [0.15, 0.2) is 4.99 Å². The van der Waals surface area contributed by atoms with E-state index in [0.717, 1.165) is 38.4 Å². The highest BCUT2D eigenvalue weighted by Crippen LogP contribution is 2.21. The molecule has 2 N–H and O–H groups in total. The molecule has 1 heterocycles. The second kappa shape index (κ2) is 8.10. The molecule has 0 aromatic heterocycles. The fourth-order valence-electron chi connectivity index (χ4n) is 2.47. The van der Waals surface area contributed by atoms with E-state index >= 15 is 0 Å². The first-order valence-corrected chi connectivity index (χ1v) is 7.72. The van der Waals surface area contributed by atoms with E-state index in [4.69, 9.17) is 4.74 Å². The third-order valence-corrected chi connectivity index (χ3v) is 3.48. The summed E-state index contributed by atoms with van der Waals surface area (Å²) in [5, 5.41) is 6.25. The first kappa shape index (κ1) is 17.6. The fourth-order valence-corrected chi connectivity index (χ4v) is 2.47. The van der Waals surface area contributed by atoms with E-state index < -0.39 is 5.60 Å². The van der Waals surface area contributed by atoms with Crippen LogP contribution in [0.5, 0.6) is 0 Å². The SMILES string of the molecule is CN=C(NC)NCC[C@H]1CCCN(C(=O)OC(C)(C)C)C1. The molecule has 0 aliphatic carbocycles. The molecule has 0 saturated carbocycles. The van der Waals surface area contributed by atoms with E-state index in [2.05, 4.69) is 15.6 Å². The first-order valence-electron chi connectivity index (χ1n) is 7.72. The summed E-state index contributed by atoms with van der Waals surface area (Å²) >= 11 is 0. The summed E-state index contributed by atoms with van der Waals surface area (Å²) in [4.78, 5) is 18.0. The maximum absolute atomic E-state index is 12.1. The summed E-state index contributed by atoms with van der Waals surface area (Å²) in [6.45, 7) is 8.16. The Morgan fingerprint density at radius 1 is 1.43 bits per heavy atom. The zero-order valence-electron chi connectivity index (χ0n) is 14.0. The number of carbonyl (C=O) groups excluding carboxylic acids is 1. The molecule has 1 atom stereocenters. The standard InChI is InChI=1S/C15H30N4O2/c1-15(2,3)21-14(20)19-10-6-7-12(11-19)8-9-18-13(16-4)17-5/h12H,6-11H2,1-5H3,(H2,16,17,18)/t12-/m1/s1. The van der Waals surface area contributed by atoms with Gasteiger partial charge in [0.1, 0.15) is 5.60 Å². The Balaban J connectivity index is 2.37. The van der Waals surface area contributed by atoms with Gasteiger partial charge in [0.05, 0.1) is 0 Å². The molecule has 0 radical (unpaired) electrons. The highest BCUT2D eigenvalue weighted by Gasteiger charge is 2.27. The maximum atomic E-state index is 12.1. The van der Waals surface area contributed by atoms with Crippen LogP contribution >= 0.6 is 0 Å². The normalized spacial score (nSPS) is 20.1. The van der Waals surface area contributed by atoms with Crippen LogP contribution in [-0.2, 0) is 4.74 Å². The van der Waals surface area contributed by atoms with Gasteiger partial charge in [-0.2, -0.15) is 0 Å². The van der Waals surface area contributed by atoms with Gasteiger partial charge in [0.2, 0.25) is 0 Å². The second-order valence-corrected chi connectivity index (χ2v) is 6.47. The predicted octanol–water partition coefficient (Wildman–Crippen LogP) is 1.82. The fraction of sp³-hybridized carbons (Fsp3) is 0.867. The Morgan fingerprint density at radius 3 is 2.71 bits per heavy atom. The maximum Gasteiger partial charge on any atom is 0.410 e. The molecule has 0 bridgehead atoms. The predicted molar refractivity (Wildman–Crippen MR) is 85.6 cm³/mol. The molecule has 6 heteroatoms. The number of aliphatic imine (C=N–C) groups is 1. The van der Waals surface area contributed by atoms with Crippen LogP contribution in [0.25, 0.3) is 0 Å². The molecule has 1 aliphatic heterocycles. The van der Waals surface area contributed by atoms with E-state index in [0.29, 0.717) is 5.92 Å². The molecule has 21 heavy (non-hydrogen) atoms. The molecule has 1 fully saturated rings. The number of ether oxygens (including phenoxy) is 1. The summed E-state index contributed by atoms with van der Waals surface area (Å²) in [6, 6.07) is 0. The lowest BCUT2D eigenvalue weighted by atomic mass is 9.95. The quantitative estimate of drug-likeness (QED) is 0.616. The van der Waals surface area contributed by atoms with Gasteiger partial charge in [0.15, 0.2) is 5.96 Å². The van der Waals surface area contributed by atoms with Crippen LogP contribution in [0.4, 0.5) is 4.79 Å². The summed E-state index contributed by atoms with van der Waals surface area (Å²) in [7, 11) is 3.60. The minimum absolute atomic E-state index is 0.189. The molecule has 122 valence electrons. The molecule has 0 spiro atoms. The smallest absolute Gasteiger partial charge is 0.410 e. The molecule has 1 aliphatic rings. The minimum atomic E-state index is -0.426. The van der Waals surface area contributed by atoms with Crippen molar-refractivity contribution in [3.8, 4) is 0 Å². The molecular weight excluding hydrogens is 268 g/mol. The summed E-state index contributed by atoms with van der Waals surface area (Å²) < 4.78 is 5.45. The van der Waals surface area contributed by atoms with Gasteiger partial charge in [0.25, 0.3) is 0 Å². The van der Waals surface area contributed by atoms with Crippen molar-refractivity contribution < 1.29 is 9.53 Å². The largest absolute Gasteiger partial charge is 0.444 e. The highest BCUT2D eigenvalue weighted by molar-refractivity contribution is 5.79. The van der Waals surface area contributed by atoms with Crippen molar-refractivity contribution in [3.05, 3.63) is 0 Å². The Morgan fingerprint density at radius 2 is 2.14 bits per heavy atom. The van der Waals surface area contributed by atoms with Crippen molar-refractivity contribution >= 4 is 12.1 Å². The van der Waals surface area contributed by atoms with Gasteiger partial charge in [-0.05, 0) is 46.0 Å². The van der Waals surface area contributed by atoms with Gasteiger partial charge >= 0.3 is 6.09 Å². The van der Waals surface area contributed by atoms with E-state index in [1.807, 2.05) is 32.7 Å². The third kappa shape index (κ3) is 6.69. The van der Waals surface area contributed by atoms with Crippen molar-refractivity contribution in [2.45, 2.75) is 45.6 Å². The molecule has 1 amide bonds. The van der Waals surface area contributed by atoms with Gasteiger partial charge < -0.3 is 20.3 Å². The van der Waals surface area contributed by atoms with E-state index in [1.165, 1.54) is 6.42 Å². The number of rotatable bonds is 3. The highest BCUT2D eigenvalue weighted by atomic mass is 16.6. The van der Waals surface area contributed by atoms with Crippen molar-refractivity contribution in [3.63, 3.8) is 0 Å². The van der Waals surface area contributed by atoms with Crippen molar-refractivity contribution in [2.75, 3.05) is 33.7 Å². The van der Waals surface area contributed by atoms with Crippen molar-refractivity contribution in [1.29, 1.82) is 0 Å². The molecule has 1 rings (SSSR count). The Labute approximate surface area is 128 Å². The van der Waals surface area contributed by atoms with Gasteiger partial charge in [-0.25, -0.2) is 4.79 Å². The third-order valence-electron chi connectivity index (χ3n) is 3.48. The van der Waals surface area contributed by atoms with Crippen LogP contribution in [0.1, 0.15) is 40.0 Å². The van der Waals surface area contributed by atoms with Crippen LogP contribution in [0.3, 0.4) is 0 Å². The number of amides is 1. The van der Waals surface area contributed by atoms with Crippen LogP contribution in [-0.4, -0.2) is 56.3 Å².